The summed E-state index contributed by atoms with van der Waals surface area (Å²) in [7, 11) is 0. The van der Waals surface area contributed by atoms with Crippen molar-refractivity contribution in [3.05, 3.63) is 11.6 Å². The molecule has 0 bridgehead atoms. The fraction of sp³-hybridized carbons (Fsp3) is 0.714. The fourth-order valence-electron chi connectivity index (χ4n) is 1.48. The standard InChI is InChI=1S/C14H24O6/c1-11(16)19-8-6-13(9-20-12(2)17)5-4-7-14(3,18)10-15/h6,15,18H,4-5,7-10H2,1-3H3. The Morgan fingerprint density at radius 1 is 1.20 bits per heavy atom. The Morgan fingerprint density at radius 3 is 2.30 bits per heavy atom. The number of esters is 2. The average molecular weight is 288 g/mol. The summed E-state index contributed by atoms with van der Waals surface area (Å²) in [4.78, 5) is 21.5. The van der Waals surface area contributed by atoms with Crippen LogP contribution in [0.15, 0.2) is 11.6 Å². The monoisotopic (exact) mass is 288 g/mol. The molecule has 0 aliphatic carbocycles. The molecule has 0 aromatic heterocycles. The quantitative estimate of drug-likeness (QED) is 0.485. The zero-order valence-electron chi connectivity index (χ0n) is 12.3. The molecule has 0 aromatic rings. The summed E-state index contributed by atoms with van der Waals surface area (Å²) in [5.74, 6) is -0.762. The number of rotatable bonds is 9. The van der Waals surface area contributed by atoms with E-state index in [2.05, 4.69) is 0 Å². The number of carbonyl (C=O) groups is 2. The summed E-state index contributed by atoms with van der Waals surface area (Å²) < 4.78 is 9.71. The van der Waals surface area contributed by atoms with Crippen LogP contribution in [0.4, 0.5) is 0 Å². The summed E-state index contributed by atoms with van der Waals surface area (Å²) in [6, 6.07) is 0. The molecule has 1 atom stereocenters. The Kier molecular flexibility index (Phi) is 8.83. The lowest BCUT2D eigenvalue weighted by Crippen LogP contribution is -2.28. The lowest BCUT2D eigenvalue weighted by Gasteiger charge is -2.20. The minimum atomic E-state index is -1.11. The first-order chi connectivity index (χ1) is 9.26. The van der Waals surface area contributed by atoms with E-state index in [-0.39, 0.29) is 31.8 Å². The maximum Gasteiger partial charge on any atom is 0.302 e. The Bertz CT molecular complexity index is 346. The van der Waals surface area contributed by atoms with Gasteiger partial charge in [0.25, 0.3) is 0 Å². The van der Waals surface area contributed by atoms with Gasteiger partial charge in [-0.1, -0.05) is 0 Å². The molecule has 0 rings (SSSR count). The van der Waals surface area contributed by atoms with Crippen LogP contribution in [0, 0.1) is 0 Å². The SMILES string of the molecule is CC(=O)OCC=C(CCCC(C)(O)CO)COC(C)=O. The highest BCUT2D eigenvalue weighted by Crippen LogP contribution is 2.16. The van der Waals surface area contributed by atoms with Crippen molar-refractivity contribution in [2.24, 2.45) is 0 Å². The summed E-state index contributed by atoms with van der Waals surface area (Å²) in [6.07, 6.45) is 3.33. The van der Waals surface area contributed by atoms with Gasteiger partial charge in [-0.15, -0.1) is 0 Å². The van der Waals surface area contributed by atoms with Gasteiger partial charge in [0, 0.05) is 13.8 Å². The summed E-state index contributed by atoms with van der Waals surface area (Å²) in [5.41, 5.74) is -0.294. The molecule has 0 aromatic carbocycles. The first kappa shape index (κ1) is 18.6. The highest BCUT2D eigenvalue weighted by Gasteiger charge is 2.18. The Labute approximate surface area is 119 Å². The van der Waals surface area contributed by atoms with Crippen molar-refractivity contribution in [2.75, 3.05) is 19.8 Å². The molecule has 2 N–H and O–H groups in total. The smallest absolute Gasteiger partial charge is 0.302 e. The minimum Gasteiger partial charge on any atom is -0.462 e. The highest BCUT2D eigenvalue weighted by atomic mass is 16.5. The van der Waals surface area contributed by atoms with E-state index < -0.39 is 5.60 Å². The number of hydrogen-bond acceptors (Lipinski definition) is 6. The molecular formula is C14H24O6. The van der Waals surface area contributed by atoms with Gasteiger partial charge in [0.1, 0.15) is 13.2 Å². The van der Waals surface area contributed by atoms with Crippen molar-refractivity contribution in [1.82, 2.24) is 0 Å². The number of carbonyl (C=O) groups excluding carboxylic acids is 2. The Balaban J connectivity index is 4.30. The Hall–Kier alpha value is -1.40. The van der Waals surface area contributed by atoms with E-state index in [1.165, 1.54) is 13.8 Å². The van der Waals surface area contributed by atoms with E-state index in [9.17, 15) is 14.7 Å². The van der Waals surface area contributed by atoms with Crippen molar-refractivity contribution in [3.8, 4) is 0 Å². The third kappa shape index (κ3) is 10.5. The molecule has 0 amide bonds. The van der Waals surface area contributed by atoms with Gasteiger partial charge in [-0.25, -0.2) is 0 Å². The van der Waals surface area contributed by atoms with Crippen LogP contribution in [-0.4, -0.2) is 47.6 Å². The Morgan fingerprint density at radius 2 is 1.80 bits per heavy atom. The molecule has 0 aliphatic rings. The van der Waals surface area contributed by atoms with Crippen molar-refractivity contribution in [3.63, 3.8) is 0 Å². The fourth-order valence-corrected chi connectivity index (χ4v) is 1.48. The van der Waals surface area contributed by atoms with Crippen LogP contribution in [0.1, 0.15) is 40.0 Å². The first-order valence-electron chi connectivity index (χ1n) is 6.54. The van der Waals surface area contributed by atoms with Crippen LogP contribution < -0.4 is 0 Å². The van der Waals surface area contributed by atoms with Crippen molar-refractivity contribution in [2.45, 2.75) is 45.6 Å². The zero-order chi connectivity index (χ0) is 15.6. The molecule has 6 heteroatoms. The number of ether oxygens (including phenoxy) is 2. The van der Waals surface area contributed by atoms with E-state index in [1.807, 2.05) is 0 Å². The maximum absolute atomic E-state index is 10.8. The van der Waals surface area contributed by atoms with Crippen LogP contribution in [-0.2, 0) is 19.1 Å². The lowest BCUT2D eigenvalue weighted by molar-refractivity contribution is -0.141. The van der Waals surface area contributed by atoms with Gasteiger partial charge >= 0.3 is 11.9 Å². The normalized spacial score (nSPS) is 14.6. The predicted molar refractivity (Wildman–Crippen MR) is 72.9 cm³/mol. The van der Waals surface area contributed by atoms with Crippen molar-refractivity contribution in [1.29, 1.82) is 0 Å². The van der Waals surface area contributed by atoms with Gasteiger partial charge in [-0.3, -0.25) is 9.59 Å². The van der Waals surface area contributed by atoms with E-state index in [1.54, 1.807) is 13.0 Å². The van der Waals surface area contributed by atoms with Crippen molar-refractivity contribution >= 4 is 11.9 Å². The lowest BCUT2D eigenvalue weighted by atomic mass is 9.98. The predicted octanol–water partition coefficient (Wildman–Crippen LogP) is 0.953. The zero-order valence-corrected chi connectivity index (χ0v) is 12.3. The average Bonchev–Trinajstić information content (AvgIpc) is 2.34. The molecule has 0 spiro atoms. The third-order valence-corrected chi connectivity index (χ3v) is 2.67. The summed E-state index contributed by atoms with van der Waals surface area (Å²) in [6.45, 7) is 4.16. The molecule has 116 valence electrons. The molecule has 0 fully saturated rings. The van der Waals surface area contributed by atoms with Gasteiger partial charge < -0.3 is 19.7 Å². The van der Waals surface area contributed by atoms with Crippen LogP contribution in [0.2, 0.25) is 0 Å². The molecule has 0 heterocycles. The van der Waals surface area contributed by atoms with E-state index in [0.717, 1.165) is 5.57 Å². The van der Waals surface area contributed by atoms with Gasteiger partial charge in [0.2, 0.25) is 0 Å². The molecular weight excluding hydrogens is 264 g/mol. The second kappa shape index (κ2) is 9.50. The highest BCUT2D eigenvalue weighted by molar-refractivity contribution is 5.66. The second-order valence-electron chi connectivity index (χ2n) is 4.95. The minimum absolute atomic E-state index is 0.127. The molecule has 0 saturated carbocycles. The summed E-state index contributed by atoms with van der Waals surface area (Å²) in [5, 5.41) is 18.6. The largest absolute Gasteiger partial charge is 0.462 e. The van der Waals surface area contributed by atoms with Gasteiger partial charge in [-0.05, 0) is 37.8 Å². The summed E-state index contributed by atoms with van der Waals surface area (Å²) >= 11 is 0. The van der Waals surface area contributed by atoms with Crippen molar-refractivity contribution < 1.29 is 29.3 Å². The first-order valence-corrected chi connectivity index (χ1v) is 6.54. The third-order valence-electron chi connectivity index (χ3n) is 2.67. The van der Waals surface area contributed by atoms with Gasteiger partial charge in [0.05, 0.1) is 12.2 Å². The van der Waals surface area contributed by atoms with Crippen LogP contribution in [0.5, 0.6) is 0 Å². The molecule has 1 unspecified atom stereocenters. The van der Waals surface area contributed by atoms with E-state index in [4.69, 9.17) is 14.6 Å². The number of aliphatic hydroxyl groups excluding tert-OH is 1. The van der Waals surface area contributed by atoms with E-state index in [0.29, 0.717) is 19.3 Å². The van der Waals surface area contributed by atoms with Crippen LogP contribution >= 0.6 is 0 Å². The van der Waals surface area contributed by atoms with Crippen LogP contribution in [0.25, 0.3) is 0 Å². The molecule has 20 heavy (non-hydrogen) atoms. The molecule has 0 aliphatic heterocycles. The topological polar surface area (TPSA) is 93.1 Å². The molecule has 6 nitrogen and oxygen atoms in total. The van der Waals surface area contributed by atoms with E-state index >= 15 is 0 Å². The maximum atomic E-state index is 10.8. The van der Waals surface area contributed by atoms with Crippen LogP contribution in [0.3, 0.4) is 0 Å². The molecule has 0 radical (unpaired) electrons. The second-order valence-corrected chi connectivity index (χ2v) is 4.95. The molecule has 0 saturated heterocycles. The van der Waals surface area contributed by atoms with Gasteiger partial charge in [-0.2, -0.15) is 0 Å². The number of aliphatic hydroxyl groups is 2. The number of hydrogen-bond donors (Lipinski definition) is 2. The van der Waals surface area contributed by atoms with Gasteiger partial charge in [0.15, 0.2) is 0 Å².